The van der Waals surface area contributed by atoms with Crippen molar-refractivity contribution in [2.75, 3.05) is 13.2 Å². The van der Waals surface area contributed by atoms with Crippen molar-refractivity contribution in [3.05, 3.63) is 51.9 Å². The van der Waals surface area contributed by atoms with Gasteiger partial charge in [0.15, 0.2) is 11.5 Å². The number of esters is 1. The minimum absolute atomic E-state index is 0.111. The van der Waals surface area contributed by atoms with E-state index < -0.39 is 0 Å². The molecule has 31 heavy (non-hydrogen) atoms. The summed E-state index contributed by atoms with van der Waals surface area (Å²) in [5, 5.41) is 0.474. The molecule has 0 saturated carbocycles. The van der Waals surface area contributed by atoms with Crippen LogP contribution in [-0.4, -0.2) is 19.2 Å². The number of benzene rings is 2. The van der Waals surface area contributed by atoms with E-state index in [0.29, 0.717) is 65.6 Å². The average molecular weight is 422 g/mol. The lowest BCUT2D eigenvalue weighted by molar-refractivity contribution is -0.134. The smallest absolute Gasteiger partial charge is 0.310 e. The molecule has 6 heteroatoms. The van der Waals surface area contributed by atoms with Gasteiger partial charge in [0, 0.05) is 18.9 Å². The second-order valence-electron chi connectivity index (χ2n) is 7.48. The van der Waals surface area contributed by atoms with Crippen molar-refractivity contribution < 1.29 is 23.4 Å². The van der Waals surface area contributed by atoms with E-state index in [1.807, 2.05) is 32.0 Å². The Hall–Kier alpha value is -3.28. The number of rotatable bonds is 6. The molecule has 4 rings (SSSR count). The van der Waals surface area contributed by atoms with E-state index in [2.05, 4.69) is 0 Å². The first-order valence-corrected chi connectivity index (χ1v) is 10.8. The summed E-state index contributed by atoms with van der Waals surface area (Å²) in [6.45, 7) is 6.71. The summed E-state index contributed by atoms with van der Waals surface area (Å²) in [6.07, 6.45) is 2.36. The van der Waals surface area contributed by atoms with Crippen LogP contribution in [0.4, 0.5) is 0 Å². The van der Waals surface area contributed by atoms with Crippen LogP contribution in [0.5, 0.6) is 17.2 Å². The molecule has 1 aliphatic heterocycles. The summed E-state index contributed by atoms with van der Waals surface area (Å²) < 4.78 is 23.0. The van der Waals surface area contributed by atoms with Crippen molar-refractivity contribution in [3.63, 3.8) is 0 Å². The molecule has 0 bridgehead atoms. The zero-order chi connectivity index (χ0) is 22.0. The lowest BCUT2D eigenvalue weighted by atomic mass is 9.98. The minimum Gasteiger partial charge on any atom is -0.486 e. The van der Waals surface area contributed by atoms with E-state index in [0.717, 1.165) is 17.5 Å². The van der Waals surface area contributed by atoms with Gasteiger partial charge < -0.3 is 18.6 Å². The third-order valence-corrected chi connectivity index (χ3v) is 5.33. The second kappa shape index (κ2) is 8.84. The van der Waals surface area contributed by atoms with Gasteiger partial charge in [-0.15, -0.1) is 0 Å². The Balaban J connectivity index is 1.91. The maximum absolute atomic E-state index is 13.6. The van der Waals surface area contributed by atoms with E-state index in [-0.39, 0.29) is 17.8 Å². The lowest BCUT2D eigenvalue weighted by Crippen LogP contribution is -2.16. The first-order chi connectivity index (χ1) is 15.0. The van der Waals surface area contributed by atoms with Crippen LogP contribution in [0.15, 0.2) is 39.5 Å². The predicted octanol–water partition coefficient (Wildman–Crippen LogP) is 5.06. The molecule has 0 aliphatic carbocycles. The van der Waals surface area contributed by atoms with Crippen LogP contribution in [0, 0.1) is 0 Å². The van der Waals surface area contributed by atoms with Gasteiger partial charge in [0.25, 0.3) is 0 Å². The van der Waals surface area contributed by atoms with Crippen molar-refractivity contribution >= 4 is 16.9 Å². The minimum atomic E-state index is -0.317. The number of ether oxygens (including phenoxy) is 3. The summed E-state index contributed by atoms with van der Waals surface area (Å²) in [5.41, 5.74) is 2.38. The monoisotopic (exact) mass is 422 g/mol. The van der Waals surface area contributed by atoms with Gasteiger partial charge in [0.05, 0.1) is 10.9 Å². The number of fused-ring (bicyclic) bond motifs is 2. The molecule has 0 unspecified atom stereocenters. The highest BCUT2D eigenvalue weighted by Crippen LogP contribution is 2.36. The highest BCUT2D eigenvalue weighted by molar-refractivity contribution is 5.86. The van der Waals surface area contributed by atoms with Crippen molar-refractivity contribution in [2.45, 2.75) is 46.5 Å². The van der Waals surface area contributed by atoms with E-state index in [9.17, 15) is 9.59 Å². The molecular formula is C25H26O6. The van der Waals surface area contributed by atoms with Crippen LogP contribution < -0.4 is 19.6 Å². The highest BCUT2D eigenvalue weighted by Gasteiger charge is 2.20. The number of carbonyl (C=O) groups is 1. The second-order valence-corrected chi connectivity index (χ2v) is 7.48. The number of hydrogen-bond donors (Lipinski definition) is 0. The zero-order valence-corrected chi connectivity index (χ0v) is 18.1. The quantitative estimate of drug-likeness (QED) is 0.408. The molecule has 2 heterocycles. The lowest BCUT2D eigenvalue weighted by Gasteiger charge is -2.19. The average Bonchev–Trinajstić information content (AvgIpc) is 2.79. The third-order valence-electron chi connectivity index (χ3n) is 5.33. The Morgan fingerprint density at radius 2 is 1.81 bits per heavy atom. The van der Waals surface area contributed by atoms with Gasteiger partial charge in [0.1, 0.15) is 30.3 Å². The molecule has 6 nitrogen and oxygen atoms in total. The van der Waals surface area contributed by atoms with Gasteiger partial charge in [-0.05, 0) is 35.7 Å². The maximum Gasteiger partial charge on any atom is 0.310 e. The largest absolute Gasteiger partial charge is 0.486 e. The van der Waals surface area contributed by atoms with Gasteiger partial charge in [-0.1, -0.05) is 33.3 Å². The molecule has 0 radical (unpaired) electrons. The molecule has 0 spiro atoms. The summed E-state index contributed by atoms with van der Waals surface area (Å²) in [7, 11) is 0. The molecule has 0 saturated heterocycles. The Labute approximate surface area is 180 Å². The van der Waals surface area contributed by atoms with Crippen LogP contribution in [0.25, 0.3) is 22.1 Å². The molecule has 1 aromatic heterocycles. The molecule has 0 N–H and O–H groups in total. The van der Waals surface area contributed by atoms with Crippen LogP contribution >= 0.6 is 0 Å². The van der Waals surface area contributed by atoms with Crippen molar-refractivity contribution in [3.8, 4) is 28.4 Å². The molecule has 3 aromatic rings. The van der Waals surface area contributed by atoms with E-state index in [1.54, 1.807) is 19.1 Å². The van der Waals surface area contributed by atoms with Gasteiger partial charge >= 0.3 is 5.97 Å². The maximum atomic E-state index is 13.6. The topological polar surface area (TPSA) is 75.0 Å². The van der Waals surface area contributed by atoms with E-state index >= 15 is 0 Å². The van der Waals surface area contributed by atoms with Crippen LogP contribution in [0.3, 0.4) is 0 Å². The highest BCUT2D eigenvalue weighted by atomic mass is 16.6. The number of hydrogen-bond acceptors (Lipinski definition) is 6. The van der Waals surface area contributed by atoms with Crippen LogP contribution in [-0.2, 0) is 17.6 Å². The van der Waals surface area contributed by atoms with E-state index in [1.165, 1.54) is 0 Å². The van der Waals surface area contributed by atoms with Gasteiger partial charge in [-0.2, -0.15) is 0 Å². The van der Waals surface area contributed by atoms with Gasteiger partial charge in [-0.25, -0.2) is 0 Å². The van der Waals surface area contributed by atoms with E-state index in [4.69, 9.17) is 18.6 Å². The molecule has 1 aliphatic rings. The first kappa shape index (κ1) is 21.0. The summed E-state index contributed by atoms with van der Waals surface area (Å²) >= 11 is 0. The van der Waals surface area contributed by atoms with Crippen molar-refractivity contribution in [2.24, 2.45) is 0 Å². The Bertz CT molecular complexity index is 1190. The summed E-state index contributed by atoms with van der Waals surface area (Å²) in [4.78, 5) is 25.5. The Kier molecular flexibility index (Phi) is 5.98. The summed E-state index contributed by atoms with van der Waals surface area (Å²) in [5.74, 6) is 2.01. The Morgan fingerprint density at radius 3 is 2.52 bits per heavy atom. The van der Waals surface area contributed by atoms with Gasteiger partial charge in [-0.3, -0.25) is 9.59 Å². The molecular weight excluding hydrogens is 396 g/mol. The fraction of sp³-hybridized carbons (Fsp3) is 0.360. The fourth-order valence-corrected chi connectivity index (χ4v) is 3.81. The zero-order valence-electron chi connectivity index (χ0n) is 18.1. The standard InChI is InChI=1S/C25H26O6/c1-4-7-15-12-17-21(14-20(15)31-23(26)6-3)30-18(5-2)24(25(17)27)16-8-9-19-22(13-16)29-11-10-28-19/h8-9,12-14H,4-7,10-11H2,1-3H3. The fourth-order valence-electron chi connectivity index (χ4n) is 3.81. The SMILES string of the molecule is CCCc1cc2c(=O)c(-c3ccc4c(c3)OCCO4)c(CC)oc2cc1OC(=O)CC. The molecule has 0 fully saturated rings. The molecule has 0 amide bonds. The molecule has 162 valence electrons. The number of carbonyl (C=O) groups excluding carboxylic acids is 1. The Morgan fingerprint density at radius 1 is 1.03 bits per heavy atom. The number of aryl methyl sites for hydroxylation is 2. The third kappa shape index (κ3) is 4.02. The normalized spacial score (nSPS) is 12.7. The van der Waals surface area contributed by atoms with Crippen LogP contribution in [0.2, 0.25) is 0 Å². The van der Waals surface area contributed by atoms with Gasteiger partial charge in [0.2, 0.25) is 5.43 Å². The predicted molar refractivity (Wildman–Crippen MR) is 118 cm³/mol. The molecule has 0 atom stereocenters. The van der Waals surface area contributed by atoms with Crippen LogP contribution in [0.1, 0.15) is 44.9 Å². The summed E-state index contributed by atoms with van der Waals surface area (Å²) in [6, 6.07) is 8.97. The van der Waals surface area contributed by atoms with Crippen molar-refractivity contribution in [1.82, 2.24) is 0 Å². The molecule has 2 aromatic carbocycles. The van der Waals surface area contributed by atoms with Crippen molar-refractivity contribution in [1.29, 1.82) is 0 Å². The first-order valence-electron chi connectivity index (χ1n) is 10.8.